The molecule has 2 heterocycles. The Bertz CT molecular complexity index is 749. The van der Waals surface area contributed by atoms with Crippen molar-refractivity contribution in [1.82, 2.24) is 14.8 Å². The van der Waals surface area contributed by atoms with E-state index >= 15 is 0 Å². The summed E-state index contributed by atoms with van der Waals surface area (Å²) in [6, 6.07) is 9.48. The number of nitrogens with one attached hydrogen (secondary N) is 1. The first-order chi connectivity index (χ1) is 10.2. The monoisotopic (exact) mass is 298 g/mol. The second-order valence-corrected chi connectivity index (χ2v) is 5.65. The zero-order chi connectivity index (χ0) is 14.7. The fourth-order valence-electron chi connectivity index (χ4n) is 1.99. The third kappa shape index (κ3) is 3.35. The summed E-state index contributed by atoms with van der Waals surface area (Å²) in [5.74, 6) is -0.106. The molecule has 106 valence electrons. The predicted octanol–water partition coefficient (Wildman–Crippen LogP) is 2.95. The van der Waals surface area contributed by atoms with Crippen LogP contribution in [0, 0.1) is 6.92 Å². The summed E-state index contributed by atoms with van der Waals surface area (Å²) in [7, 11) is 0. The molecule has 6 heteroatoms. The molecular formula is C15H14N4OS. The molecule has 0 saturated heterocycles. The third-order valence-corrected chi connectivity index (χ3v) is 3.70. The number of benzene rings is 1. The summed E-state index contributed by atoms with van der Waals surface area (Å²) in [4.78, 5) is 16.4. The SMILES string of the molecule is Cc1nc(-c2cccc(NC(=O)Cn3cccn3)c2)cs1. The van der Waals surface area contributed by atoms with Crippen molar-refractivity contribution in [3.63, 3.8) is 0 Å². The molecule has 0 fully saturated rings. The van der Waals surface area contributed by atoms with Gasteiger partial charge < -0.3 is 5.32 Å². The van der Waals surface area contributed by atoms with Crippen LogP contribution >= 0.6 is 11.3 Å². The van der Waals surface area contributed by atoms with Crippen LogP contribution in [0.1, 0.15) is 5.01 Å². The number of hydrogen-bond donors (Lipinski definition) is 1. The molecule has 2 aromatic heterocycles. The third-order valence-electron chi connectivity index (χ3n) is 2.93. The Hall–Kier alpha value is -2.47. The minimum atomic E-state index is -0.106. The molecule has 0 spiro atoms. The first-order valence-electron chi connectivity index (χ1n) is 6.50. The van der Waals surface area contributed by atoms with Gasteiger partial charge in [-0.1, -0.05) is 12.1 Å². The Kier molecular flexibility index (Phi) is 3.79. The predicted molar refractivity (Wildman–Crippen MR) is 83.1 cm³/mol. The average Bonchev–Trinajstić information content (AvgIpc) is 3.10. The fraction of sp³-hybridized carbons (Fsp3) is 0.133. The van der Waals surface area contributed by atoms with Gasteiger partial charge in [-0.15, -0.1) is 11.3 Å². The highest BCUT2D eigenvalue weighted by molar-refractivity contribution is 7.09. The van der Waals surface area contributed by atoms with Gasteiger partial charge in [0.2, 0.25) is 5.91 Å². The van der Waals surface area contributed by atoms with Gasteiger partial charge in [0.05, 0.1) is 10.7 Å². The Labute approximate surface area is 126 Å². The molecule has 0 bridgehead atoms. The van der Waals surface area contributed by atoms with Gasteiger partial charge >= 0.3 is 0 Å². The van der Waals surface area contributed by atoms with E-state index in [9.17, 15) is 4.79 Å². The smallest absolute Gasteiger partial charge is 0.246 e. The quantitative estimate of drug-likeness (QED) is 0.805. The molecule has 0 unspecified atom stereocenters. The van der Waals surface area contributed by atoms with Crippen molar-refractivity contribution in [3.05, 3.63) is 53.1 Å². The zero-order valence-electron chi connectivity index (χ0n) is 11.5. The summed E-state index contributed by atoms with van der Waals surface area (Å²) in [6.45, 7) is 2.18. The Morgan fingerprint density at radius 3 is 3.00 bits per heavy atom. The van der Waals surface area contributed by atoms with Crippen molar-refractivity contribution < 1.29 is 4.79 Å². The lowest BCUT2D eigenvalue weighted by Crippen LogP contribution is -2.18. The fourth-order valence-corrected chi connectivity index (χ4v) is 2.62. The second kappa shape index (κ2) is 5.88. The zero-order valence-corrected chi connectivity index (χ0v) is 12.3. The van der Waals surface area contributed by atoms with Gasteiger partial charge in [-0.3, -0.25) is 9.48 Å². The molecule has 3 aromatic rings. The molecule has 0 aliphatic rings. The minimum Gasteiger partial charge on any atom is -0.324 e. The van der Waals surface area contributed by atoms with E-state index in [1.165, 1.54) is 0 Å². The van der Waals surface area contributed by atoms with Gasteiger partial charge in [0, 0.05) is 29.0 Å². The van der Waals surface area contributed by atoms with E-state index in [4.69, 9.17) is 0 Å². The van der Waals surface area contributed by atoms with Crippen LogP contribution in [0.4, 0.5) is 5.69 Å². The minimum absolute atomic E-state index is 0.106. The molecule has 0 aliphatic carbocycles. The lowest BCUT2D eigenvalue weighted by Gasteiger charge is -2.06. The Morgan fingerprint density at radius 2 is 2.29 bits per heavy atom. The summed E-state index contributed by atoms with van der Waals surface area (Å²) in [6.07, 6.45) is 3.41. The maximum atomic E-state index is 11.9. The maximum absolute atomic E-state index is 11.9. The van der Waals surface area contributed by atoms with E-state index in [2.05, 4.69) is 15.4 Å². The van der Waals surface area contributed by atoms with Crippen molar-refractivity contribution in [2.45, 2.75) is 13.5 Å². The van der Waals surface area contributed by atoms with Crippen LogP contribution in [0.2, 0.25) is 0 Å². The van der Waals surface area contributed by atoms with Crippen molar-refractivity contribution in [2.24, 2.45) is 0 Å². The number of carbonyl (C=O) groups excluding carboxylic acids is 1. The van der Waals surface area contributed by atoms with Gasteiger partial charge in [0.25, 0.3) is 0 Å². The van der Waals surface area contributed by atoms with Crippen LogP contribution in [-0.2, 0) is 11.3 Å². The highest BCUT2D eigenvalue weighted by atomic mass is 32.1. The standard InChI is InChI=1S/C15H14N4OS/c1-11-17-14(10-21-11)12-4-2-5-13(8-12)18-15(20)9-19-7-3-6-16-19/h2-8,10H,9H2,1H3,(H,18,20). The number of amides is 1. The van der Waals surface area contributed by atoms with Crippen molar-refractivity contribution in [1.29, 1.82) is 0 Å². The topological polar surface area (TPSA) is 59.8 Å². The van der Waals surface area contributed by atoms with Crippen LogP contribution in [0.15, 0.2) is 48.1 Å². The Morgan fingerprint density at radius 1 is 1.38 bits per heavy atom. The molecule has 0 radical (unpaired) electrons. The molecule has 5 nitrogen and oxygen atoms in total. The van der Waals surface area contributed by atoms with E-state index in [0.717, 1.165) is 22.0 Å². The molecule has 0 atom stereocenters. The van der Waals surface area contributed by atoms with Crippen LogP contribution < -0.4 is 5.32 Å². The second-order valence-electron chi connectivity index (χ2n) is 4.58. The normalized spacial score (nSPS) is 10.5. The van der Waals surface area contributed by atoms with E-state index in [0.29, 0.717) is 0 Å². The summed E-state index contributed by atoms with van der Waals surface area (Å²) >= 11 is 1.61. The van der Waals surface area contributed by atoms with Crippen LogP contribution in [-0.4, -0.2) is 20.7 Å². The number of thiazole rings is 1. The van der Waals surface area contributed by atoms with Gasteiger partial charge in [-0.2, -0.15) is 5.10 Å². The van der Waals surface area contributed by atoms with Crippen LogP contribution in [0.5, 0.6) is 0 Å². The molecule has 21 heavy (non-hydrogen) atoms. The average molecular weight is 298 g/mol. The molecule has 1 amide bonds. The Balaban J connectivity index is 1.72. The number of nitrogens with zero attached hydrogens (tertiary/aromatic N) is 3. The number of rotatable bonds is 4. The highest BCUT2D eigenvalue weighted by Crippen LogP contribution is 2.24. The lowest BCUT2D eigenvalue weighted by molar-refractivity contribution is -0.116. The number of anilines is 1. The van der Waals surface area contributed by atoms with Crippen LogP contribution in [0.3, 0.4) is 0 Å². The van der Waals surface area contributed by atoms with E-state index in [-0.39, 0.29) is 12.5 Å². The van der Waals surface area contributed by atoms with Crippen LogP contribution in [0.25, 0.3) is 11.3 Å². The van der Waals surface area contributed by atoms with Gasteiger partial charge in [0.1, 0.15) is 6.54 Å². The molecule has 3 rings (SSSR count). The van der Waals surface area contributed by atoms with E-state index in [1.54, 1.807) is 34.5 Å². The van der Waals surface area contributed by atoms with Crippen molar-refractivity contribution in [2.75, 3.05) is 5.32 Å². The summed E-state index contributed by atoms with van der Waals surface area (Å²) in [5, 5.41) is 9.93. The lowest BCUT2D eigenvalue weighted by atomic mass is 10.1. The molecule has 1 N–H and O–H groups in total. The largest absolute Gasteiger partial charge is 0.324 e. The highest BCUT2D eigenvalue weighted by Gasteiger charge is 2.06. The molecule has 1 aromatic carbocycles. The first kappa shape index (κ1) is 13.5. The summed E-state index contributed by atoms with van der Waals surface area (Å²) in [5.41, 5.74) is 2.69. The molecule has 0 saturated carbocycles. The maximum Gasteiger partial charge on any atom is 0.246 e. The van der Waals surface area contributed by atoms with Gasteiger partial charge in [0.15, 0.2) is 0 Å². The van der Waals surface area contributed by atoms with Crippen molar-refractivity contribution >= 4 is 22.9 Å². The van der Waals surface area contributed by atoms with Crippen molar-refractivity contribution in [3.8, 4) is 11.3 Å². The number of aromatic nitrogens is 3. The van der Waals surface area contributed by atoms with E-state index in [1.807, 2.05) is 36.6 Å². The van der Waals surface area contributed by atoms with Gasteiger partial charge in [-0.25, -0.2) is 4.98 Å². The number of aryl methyl sites for hydroxylation is 1. The molecule has 0 aliphatic heterocycles. The number of carbonyl (C=O) groups is 1. The molecular weight excluding hydrogens is 284 g/mol. The number of hydrogen-bond acceptors (Lipinski definition) is 4. The first-order valence-corrected chi connectivity index (χ1v) is 7.38. The van der Waals surface area contributed by atoms with E-state index < -0.39 is 0 Å². The van der Waals surface area contributed by atoms with Gasteiger partial charge in [-0.05, 0) is 25.1 Å². The summed E-state index contributed by atoms with van der Waals surface area (Å²) < 4.78 is 1.59.